The highest BCUT2D eigenvalue weighted by Crippen LogP contribution is 2.40. The van der Waals surface area contributed by atoms with Crippen molar-refractivity contribution in [2.24, 2.45) is 0 Å². The van der Waals surface area contributed by atoms with Crippen molar-refractivity contribution in [1.29, 1.82) is 0 Å². The molecule has 1 saturated carbocycles. The third-order valence-electron chi connectivity index (χ3n) is 7.63. The molecule has 1 aliphatic carbocycles. The Labute approximate surface area is 213 Å². The van der Waals surface area contributed by atoms with Crippen LogP contribution in [-0.2, 0) is 21.7 Å². The zero-order chi connectivity index (χ0) is 25.6. The number of nitrogens with one attached hydrogen (secondary N) is 2. The minimum atomic E-state index is -3.50. The Balaban J connectivity index is 1.30. The Kier molecular flexibility index (Phi) is 8.18. The lowest BCUT2D eigenvalue weighted by atomic mass is 9.79. The van der Waals surface area contributed by atoms with Gasteiger partial charge in [-0.05, 0) is 55.4 Å². The number of hydrogen-bond donors (Lipinski definition) is 3. The van der Waals surface area contributed by atoms with E-state index in [-0.39, 0.29) is 22.9 Å². The Hall–Kier alpha value is -3.07. The third-order valence-corrected chi connectivity index (χ3v) is 9.91. The van der Waals surface area contributed by atoms with Gasteiger partial charge in [0.05, 0.1) is 10.1 Å². The van der Waals surface area contributed by atoms with E-state index in [0.717, 1.165) is 31.2 Å². The highest BCUT2D eigenvalue weighted by molar-refractivity contribution is 7.92. The molecule has 3 amide bonds. The maximum absolute atomic E-state index is 13.2. The maximum atomic E-state index is 13.2. The van der Waals surface area contributed by atoms with E-state index in [9.17, 15) is 18.0 Å². The van der Waals surface area contributed by atoms with Crippen molar-refractivity contribution in [3.63, 3.8) is 0 Å². The molecule has 0 bridgehead atoms. The SMILES string of the molecule is O=C(O)NCCc1ccc(S(=O)(=O)C2CCN(C(=O)NCC3(c4ccccc4)CCCC3)CC2)cc1. The Morgan fingerprint density at radius 1 is 0.944 bits per heavy atom. The second kappa shape index (κ2) is 11.3. The molecule has 8 nitrogen and oxygen atoms in total. The molecule has 0 spiro atoms. The highest BCUT2D eigenvalue weighted by atomic mass is 32.2. The van der Waals surface area contributed by atoms with Gasteiger partial charge in [-0.2, -0.15) is 0 Å². The van der Waals surface area contributed by atoms with E-state index in [1.54, 1.807) is 29.2 Å². The summed E-state index contributed by atoms with van der Waals surface area (Å²) in [6.45, 7) is 1.69. The first kappa shape index (κ1) is 26.0. The van der Waals surface area contributed by atoms with Crippen molar-refractivity contribution in [3.05, 3.63) is 65.7 Å². The van der Waals surface area contributed by atoms with Crippen molar-refractivity contribution in [2.75, 3.05) is 26.2 Å². The van der Waals surface area contributed by atoms with Crippen LogP contribution in [0.1, 0.15) is 49.7 Å². The molecule has 1 heterocycles. The molecule has 194 valence electrons. The number of piperidine rings is 1. The van der Waals surface area contributed by atoms with Gasteiger partial charge in [0.1, 0.15) is 0 Å². The first-order chi connectivity index (χ1) is 17.3. The standard InChI is InChI=1S/C27H35N3O5S/c31-25(29-20-27(15-4-5-16-27)22-6-2-1-3-7-22)30-18-13-24(14-19-30)36(34,35)23-10-8-21(9-11-23)12-17-28-26(32)33/h1-3,6-11,24,28H,4-5,12-20H2,(H,29,31)(H,32,33). The number of carboxylic acid groups (broad SMARTS) is 1. The molecular formula is C27H35N3O5S. The van der Waals surface area contributed by atoms with Crippen LogP contribution in [0.3, 0.4) is 0 Å². The smallest absolute Gasteiger partial charge is 0.404 e. The summed E-state index contributed by atoms with van der Waals surface area (Å²) in [7, 11) is -3.50. The summed E-state index contributed by atoms with van der Waals surface area (Å²) < 4.78 is 26.3. The Bertz CT molecular complexity index is 1140. The van der Waals surface area contributed by atoms with Crippen molar-refractivity contribution in [2.45, 2.75) is 60.5 Å². The number of amides is 3. The summed E-state index contributed by atoms with van der Waals surface area (Å²) >= 11 is 0. The molecule has 9 heteroatoms. The van der Waals surface area contributed by atoms with E-state index in [1.165, 1.54) is 5.56 Å². The molecule has 2 fully saturated rings. The van der Waals surface area contributed by atoms with Gasteiger partial charge in [0.15, 0.2) is 9.84 Å². The van der Waals surface area contributed by atoms with Crippen LogP contribution in [-0.4, -0.2) is 62.0 Å². The number of urea groups is 1. The Morgan fingerprint density at radius 2 is 1.58 bits per heavy atom. The number of rotatable bonds is 8. The molecular weight excluding hydrogens is 478 g/mol. The fourth-order valence-electron chi connectivity index (χ4n) is 5.49. The average molecular weight is 514 g/mol. The van der Waals surface area contributed by atoms with Gasteiger partial charge in [-0.3, -0.25) is 0 Å². The topological polar surface area (TPSA) is 116 Å². The lowest BCUT2D eigenvalue weighted by molar-refractivity contribution is 0.183. The van der Waals surface area contributed by atoms with Gasteiger partial charge in [-0.15, -0.1) is 0 Å². The molecule has 0 radical (unpaired) electrons. The minimum Gasteiger partial charge on any atom is -0.465 e. The summed E-state index contributed by atoms with van der Waals surface area (Å²) in [5.41, 5.74) is 2.12. The van der Waals surface area contributed by atoms with E-state index in [0.29, 0.717) is 38.9 Å². The van der Waals surface area contributed by atoms with E-state index < -0.39 is 21.2 Å². The highest BCUT2D eigenvalue weighted by Gasteiger charge is 2.37. The summed E-state index contributed by atoms with van der Waals surface area (Å²) in [5, 5.41) is 13.6. The number of nitrogens with zero attached hydrogens (tertiary/aromatic N) is 1. The van der Waals surface area contributed by atoms with Crippen molar-refractivity contribution >= 4 is 22.0 Å². The molecule has 1 saturated heterocycles. The molecule has 0 unspecified atom stereocenters. The van der Waals surface area contributed by atoms with Gasteiger partial charge in [0, 0.05) is 31.6 Å². The van der Waals surface area contributed by atoms with Crippen LogP contribution in [0.25, 0.3) is 0 Å². The monoisotopic (exact) mass is 513 g/mol. The number of sulfone groups is 1. The van der Waals surface area contributed by atoms with E-state index in [2.05, 4.69) is 22.8 Å². The van der Waals surface area contributed by atoms with Gasteiger partial charge < -0.3 is 20.6 Å². The molecule has 0 atom stereocenters. The summed E-state index contributed by atoms with van der Waals surface area (Å²) in [6.07, 6.45) is 4.67. The van der Waals surface area contributed by atoms with Gasteiger partial charge in [0.25, 0.3) is 0 Å². The fourth-order valence-corrected chi connectivity index (χ4v) is 7.22. The first-order valence-corrected chi connectivity index (χ1v) is 14.2. The predicted molar refractivity (Wildman–Crippen MR) is 138 cm³/mol. The number of hydrogen-bond acceptors (Lipinski definition) is 4. The summed E-state index contributed by atoms with van der Waals surface area (Å²) in [6, 6.07) is 16.9. The number of carbonyl (C=O) groups is 2. The molecule has 4 rings (SSSR count). The second-order valence-electron chi connectivity index (χ2n) is 9.87. The van der Waals surface area contributed by atoms with Gasteiger partial charge in [0.2, 0.25) is 0 Å². The number of benzene rings is 2. The number of likely N-dealkylation sites (tertiary alicyclic amines) is 1. The zero-order valence-corrected chi connectivity index (χ0v) is 21.3. The second-order valence-corrected chi connectivity index (χ2v) is 12.1. The molecule has 2 aliphatic rings. The predicted octanol–water partition coefficient (Wildman–Crippen LogP) is 3.96. The molecule has 2 aromatic rings. The lowest BCUT2D eigenvalue weighted by Crippen LogP contribution is -2.49. The van der Waals surface area contributed by atoms with E-state index in [4.69, 9.17) is 5.11 Å². The van der Waals surface area contributed by atoms with Crippen LogP contribution < -0.4 is 10.6 Å². The van der Waals surface area contributed by atoms with Crippen LogP contribution in [0.2, 0.25) is 0 Å². The average Bonchev–Trinajstić information content (AvgIpc) is 3.38. The molecule has 3 N–H and O–H groups in total. The largest absolute Gasteiger partial charge is 0.465 e. The first-order valence-electron chi connectivity index (χ1n) is 12.7. The maximum Gasteiger partial charge on any atom is 0.404 e. The molecule has 1 aliphatic heterocycles. The number of carbonyl (C=O) groups excluding carboxylic acids is 1. The third kappa shape index (κ3) is 6.00. The van der Waals surface area contributed by atoms with E-state index in [1.807, 2.05) is 18.2 Å². The summed E-state index contributed by atoms with van der Waals surface area (Å²) in [5.74, 6) is 0. The lowest BCUT2D eigenvalue weighted by Gasteiger charge is -2.34. The van der Waals surface area contributed by atoms with Crippen LogP contribution in [0.4, 0.5) is 9.59 Å². The van der Waals surface area contributed by atoms with Crippen LogP contribution in [0.15, 0.2) is 59.5 Å². The molecule has 0 aromatic heterocycles. The quantitative estimate of drug-likeness (QED) is 0.494. The molecule has 36 heavy (non-hydrogen) atoms. The molecule has 2 aromatic carbocycles. The zero-order valence-electron chi connectivity index (χ0n) is 20.5. The van der Waals surface area contributed by atoms with Gasteiger partial charge >= 0.3 is 12.1 Å². The summed E-state index contributed by atoms with van der Waals surface area (Å²) in [4.78, 5) is 25.5. The fraction of sp³-hybridized carbons (Fsp3) is 0.481. The van der Waals surface area contributed by atoms with Crippen molar-refractivity contribution in [1.82, 2.24) is 15.5 Å². The van der Waals surface area contributed by atoms with Crippen LogP contribution in [0, 0.1) is 0 Å². The van der Waals surface area contributed by atoms with Crippen molar-refractivity contribution < 1.29 is 23.1 Å². The Morgan fingerprint density at radius 3 is 2.19 bits per heavy atom. The normalized spacial score (nSPS) is 18.1. The van der Waals surface area contributed by atoms with Crippen LogP contribution in [0.5, 0.6) is 0 Å². The van der Waals surface area contributed by atoms with E-state index >= 15 is 0 Å². The van der Waals surface area contributed by atoms with Gasteiger partial charge in [-0.25, -0.2) is 18.0 Å². The van der Waals surface area contributed by atoms with Gasteiger partial charge in [-0.1, -0.05) is 55.3 Å². The van der Waals surface area contributed by atoms with Crippen LogP contribution >= 0.6 is 0 Å². The minimum absolute atomic E-state index is 0.0194. The van der Waals surface area contributed by atoms with Crippen molar-refractivity contribution in [3.8, 4) is 0 Å².